The van der Waals surface area contributed by atoms with Gasteiger partial charge in [-0.3, -0.25) is 9.59 Å². The zero-order valence-electron chi connectivity index (χ0n) is 20.2. The van der Waals surface area contributed by atoms with Crippen LogP contribution in [-0.4, -0.2) is 118 Å². The third-order valence-electron chi connectivity index (χ3n) is 6.04. The number of nitrogens with zero attached hydrogens (tertiary/aromatic N) is 4. The predicted octanol–water partition coefficient (Wildman–Crippen LogP) is 0.00890. The molecule has 11 nitrogen and oxygen atoms in total. The number of urea groups is 1. The Hall–Kier alpha value is -3.34. The van der Waals surface area contributed by atoms with Crippen molar-refractivity contribution >= 4 is 29.5 Å². The number of anilines is 1. The van der Waals surface area contributed by atoms with E-state index in [2.05, 4.69) is 10.1 Å². The van der Waals surface area contributed by atoms with Crippen LogP contribution >= 0.6 is 0 Å². The van der Waals surface area contributed by atoms with Gasteiger partial charge in [-0.1, -0.05) is 0 Å². The van der Waals surface area contributed by atoms with Crippen molar-refractivity contribution in [2.24, 2.45) is 0 Å². The second-order valence-electron chi connectivity index (χ2n) is 8.54. The van der Waals surface area contributed by atoms with Gasteiger partial charge >= 0.3 is 12.0 Å². The maximum absolute atomic E-state index is 13.2. The smallest absolute Gasteiger partial charge is 0.328 e. The number of rotatable bonds is 5. The zero-order chi connectivity index (χ0) is 24.8. The Morgan fingerprint density at radius 2 is 1.68 bits per heavy atom. The van der Waals surface area contributed by atoms with Crippen LogP contribution in [0.25, 0.3) is 0 Å². The fourth-order valence-electron chi connectivity index (χ4n) is 3.99. The van der Waals surface area contributed by atoms with Crippen LogP contribution in [0.4, 0.5) is 10.5 Å². The molecule has 0 bridgehead atoms. The van der Waals surface area contributed by atoms with Gasteiger partial charge in [0.15, 0.2) is 0 Å². The zero-order valence-corrected chi connectivity index (χ0v) is 20.2. The lowest BCUT2D eigenvalue weighted by molar-refractivity contribution is -0.145. The van der Waals surface area contributed by atoms with Crippen molar-refractivity contribution in [3.63, 3.8) is 0 Å². The Morgan fingerprint density at radius 1 is 1.03 bits per heavy atom. The Labute approximate surface area is 199 Å². The average Bonchev–Trinajstić information content (AvgIpc) is 2.87. The predicted molar refractivity (Wildman–Crippen MR) is 125 cm³/mol. The summed E-state index contributed by atoms with van der Waals surface area (Å²) in [7, 11) is 5.07. The van der Waals surface area contributed by atoms with Crippen LogP contribution in [0, 0.1) is 0 Å². The van der Waals surface area contributed by atoms with Crippen LogP contribution in [-0.2, 0) is 19.1 Å². The minimum absolute atomic E-state index is 0.0179. The van der Waals surface area contributed by atoms with Crippen LogP contribution in [0.2, 0.25) is 0 Å². The van der Waals surface area contributed by atoms with Gasteiger partial charge in [0, 0.05) is 51.5 Å². The normalized spacial score (nSPS) is 19.3. The number of amides is 4. The molecule has 2 aliphatic heterocycles. The lowest BCUT2D eigenvalue weighted by Gasteiger charge is -2.43. The number of benzene rings is 1. The SMILES string of the molecule is COC(=O)C(C)NC(=O)C1CN(C(=O)c2ccc(N(C)C)cc2)CCN1C(=O)N1CCOCC1. The molecule has 34 heavy (non-hydrogen) atoms. The summed E-state index contributed by atoms with van der Waals surface area (Å²) in [6.45, 7) is 3.75. The maximum atomic E-state index is 13.2. The van der Waals surface area contributed by atoms with E-state index in [1.165, 1.54) is 18.9 Å². The highest BCUT2D eigenvalue weighted by molar-refractivity contribution is 5.96. The molecule has 1 N–H and O–H groups in total. The van der Waals surface area contributed by atoms with E-state index in [4.69, 9.17) is 4.74 Å². The first-order chi connectivity index (χ1) is 16.2. The first-order valence-electron chi connectivity index (χ1n) is 11.3. The third kappa shape index (κ3) is 5.77. The Kier molecular flexibility index (Phi) is 8.32. The highest BCUT2D eigenvalue weighted by atomic mass is 16.5. The summed E-state index contributed by atoms with van der Waals surface area (Å²) < 4.78 is 10.0. The van der Waals surface area contributed by atoms with E-state index < -0.39 is 24.0 Å². The van der Waals surface area contributed by atoms with Crippen molar-refractivity contribution in [2.75, 3.05) is 72.0 Å². The molecule has 0 radical (unpaired) electrons. The number of carbonyl (C=O) groups excluding carboxylic acids is 4. The number of carbonyl (C=O) groups is 4. The summed E-state index contributed by atoms with van der Waals surface area (Å²) in [4.78, 5) is 58.0. The molecule has 11 heteroatoms. The van der Waals surface area contributed by atoms with Gasteiger partial charge in [-0.25, -0.2) is 9.59 Å². The summed E-state index contributed by atoms with van der Waals surface area (Å²) in [5.74, 6) is -1.33. The van der Waals surface area contributed by atoms with Gasteiger partial charge in [0.05, 0.1) is 26.9 Å². The molecular weight excluding hydrogens is 442 g/mol. The summed E-state index contributed by atoms with van der Waals surface area (Å²) in [5, 5.41) is 2.61. The number of piperazine rings is 1. The molecule has 2 heterocycles. The number of nitrogens with one attached hydrogen (secondary N) is 1. The number of hydrogen-bond donors (Lipinski definition) is 1. The van der Waals surface area contributed by atoms with Gasteiger partial charge in [0.1, 0.15) is 12.1 Å². The second kappa shape index (κ2) is 11.2. The Bertz CT molecular complexity index is 900. The monoisotopic (exact) mass is 475 g/mol. The van der Waals surface area contributed by atoms with E-state index in [0.29, 0.717) is 38.4 Å². The van der Waals surface area contributed by atoms with Crippen molar-refractivity contribution in [2.45, 2.75) is 19.0 Å². The first kappa shape index (κ1) is 25.3. The third-order valence-corrected chi connectivity index (χ3v) is 6.04. The van der Waals surface area contributed by atoms with Crippen LogP contribution in [0.1, 0.15) is 17.3 Å². The van der Waals surface area contributed by atoms with Crippen molar-refractivity contribution in [3.8, 4) is 0 Å². The van der Waals surface area contributed by atoms with Crippen molar-refractivity contribution < 1.29 is 28.7 Å². The molecule has 186 valence electrons. The number of ether oxygens (including phenoxy) is 2. The van der Waals surface area contributed by atoms with Gasteiger partial charge in [-0.15, -0.1) is 0 Å². The molecule has 2 atom stereocenters. The van der Waals surface area contributed by atoms with Crippen molar-refractivity contribution in [1.82, 2.24) is 20.0 Å². The van der Waals surface area contributed by atoms with Gasteiger partial charge in [-0.05, 0) is 31.2 Å². The van der Waals surface area contributed by atoms with Gasteiger partial charge in [0.2, 0.25) is 5.91 Å². The molecule has 0 saturated carbocycles. The maximum Gasteiger partial charge on any atom is 0.328 e. The fraction of sp³-hybridized carbons (Fsp3) is 0.565. The molecule has 2 unspecified atom stereocenters. The summed E-state index contributed by atoms with van der Waals surface area (Å²) in [5.41, 5.74) is 1.46. The molecular formula is C23H33N5O6. The molecule has 2 saturated heterocycles. The molecule has 0 spiro atoms. The second-order valence-corrected chi connectivity index (χ2v) is 8.54. The highest BCUT2D eigenvalue weighted by Gasteiger charge is 2.40. The number of hydrogen-bond acceptors (Lipinski definition) is 7. The fourth-order valence-corrected chi connectivity index (χ4v) is 3.99. The van der Waals surface area contributed by atoms with Crippen LogP contribution in [0.3, 0.4) is 0 Å². The van der Waals surface area contributed by atoms with Crippen LogP contribution in [0.15, 0.2) is 24.3 Å². The summed E-state index contributed by atoms with van der Waals surface area (Å²) in [6, 6.07) is 5.09. The topological polar surface area (TPSA) is 112 Å². The molecule has 3 rings (SSSR count). The van der Waals surface area contributed by atoms with E-state index >= 15 is 0 Å². The molecule has 0 aliphatic carbocycles. The highest BCUT2D eigenvalue weighted by Crippen LogP contribution is 2.19. The first-order valence-corrected chi connectivity index (χ1v) is 11.3. The van der Waals surface area contributed by atoms with E-state index in [-0.39, 0.29) is 25.0 Å². The van der Waals surface area contributed by atoms with E-state index in [0.717, 1.165) is 5.69 Å². The largest absolute Gasteiger partial charge is 0.467 e. The minimum atomic E-state index is -0.943. The lowest BCUT2D eigenvalue weighted by atomic mass is 10.1. The summed E-state index contributed by atoms with van der Waals surface area (Å²) >= 11 is 0. The number of methoxy groups -OCH3 is 1. The van der Waals surface area contributed by atoms with Crippen LogP contribution < -0.4 is 10.2 Å². The van der Waals surface area contributed by atoms with Gasteiger partial charge in [-0.2, -0.15) is 0 Å². The average molecular weight is 476 g/mol. The van der Waals surface area contributed by atoms with E-state index in [1.807, 2.05) is 31.1 Å². The minimum Gasteiger partial charge on any atom is -0.467 e. The van der Waals surface area contributed by atoms with Crippen molar-refractivity contribution in [3.05, 3.63) is 29.8 Å². The Morgan fingerprint density at radius 3 is 2.26 bits per heavy atom. The quantitative estimate of drug-likeness (QED) is 0.597. The standard InChI is InChI=1S/C23H33N5O6/c1-16(22(31)33-4)24-20(29)19-15-27(21(30)17-5-7-18(8-6-17)25(2)3)9-10-28(19)23(32)26-11-13-34-14-12-26/h5-8,16,19H,9-15H2,1-4H3,(H,24,29). The molecule has 1 aromatic rings. The summed E-state index contributed by atoms with van der Waals surface area (Å²) in [6.07, 6.45) is 0. The van der Waals surface area contributed by atoms with Gasteiger partial charge in [0.25, 0.3) is 5.91 Å². The Balaban J connectivity index is 1.78. The number of morpholine rings is 1. The van der Waals surface area contributed by atoms with E-state index in [1.54, 1.807) is 21.9 Å². The van der Waals surface area contributed by atoms with E-state index in [9.17, 15) is 19.2 Å². The van der Waals surface area contributed by atoms with Crippen LogP contribution in [0.5, 0.6) is 0 Å². The molecule has 2 aliphatic rings. The van der Waals surface area contributed by atoms with Crippen molar-refractivity contribution in [1.29, 1.82) is 0 Å². The molecule has 1 aromatic carbocycles. The lowest BCUT2D eigenvalue weighted by Crippen LogP contribution is -2.65. The number of esters is 1. The molecule has 2 fully saturated rings. The molecule has 4 amide bonds. The van der Waals surface area contributed by atoms with Gasteiger partial charge < -0.3 is 34.4 Å². The molecule has 0 aromatic heterocycles.